The monoisotopic (exact) mass is 350 g/mol. The Morgan fingerprint density at radius 3 is 2.67 bits per heavy atom. The van der Waals surface area contributed by atoms with Crippen molar-refractivity contribution in [3.05, 3.63) is 12.2 Å². The summed E-state index contributed by atoms with van der Waals surface area (Å²) in [4.78, 5) is 11.3. The van der Waals surface area contributed by atoms with Crippen molar-refractivity contribution >= 4 is 5.97 Å². The average molecular weight is 350 g/mol. The van der Waals surface area contributed by atoms with Crippen molar-refractivity contribution in [3.8, 4) is 0 Å². The molecular formula is C17H25F3O4. The number of carbonyl (C=O) groups excluding carboxylic acids is 1. The van der Waals surface area contributed by atoms with Crippen molar-refractivity contribution in [2.24, 2.45) is 17.3 Å². The topological polar surface area (TPSA) is 66.8 Å². The SMILES string of the molecule is CCCCC(C)([C@H](O)C=C[C@H]1[C@@H]2CC(=O)O[C@@H]2C[C@@H]1O)C(F)(F)F. The number of rotatable bonds is 6. The van der Waals surface area contributed by atoms with E-state index in [0.717, 1.165) is 13.0 Å². The van der Waals surface area contributed by atoms with Crippen LogP contribution in [0.15, 0.2) is 12.2 Å². The van der Waals surface area contributed by atoms with Crippen LogP contribution in [-0.2, 0) is 9.53 Å². The number of aliphatic hydroxyl groups excluding tert-OH is 2. The number of aliphatic hydroxyl groups is 2. The third-order valence-corrected chi connectivity index (χ3v) is 5.44. The second-order valence-electron chi connectivity index (χ2n) is 7.13. The van der Waals surface area contributed by atoms with Gasteiger partial charge in [-0.05, 0) is 13.3 Å². The number of hydrogen-bond donors (Lipinski definition) is 2. The van der Waals surface area contributed by atoms with Crippen LogP contribution in [0, 0.1) is 17.3 Å². The van der Waals surface area contributed by atoms with E-state index in [1.807, 2.05) is 0 Å². The lowest BCUT2D eigenvalue weighted by Crippen LogP contribution is -2.44. The van der Waals surface area contributed by atoms with Crippen LogP contribution in [0.4, 0.5) is 13.2 Å². The Morgan fingerprint density at radius 1 is 1.42 bits per heavy atom. The molecule has 0 aromatic heterocycles. The van der Waals surface area contributed by atoms with Crippen molar-refractivity contribution in [1.82, 2.24) is 0 Å². The Hall–Kier alpha value is -1.08. The van der Waals surface area contributed by atoms with Crippen molar-refractivity contribution in [2.75, 3.05) is 0 Å². The molecule has 1 aliphatic carbocycles. The summed E-state index contributed by atoms with van der Waals surface area (Å²) in [5, 5.41) is 20.2. The Kier molecular flexibility index (Phi) is 5.64. The number of ether oxygens (including phenoxy) is 1. The second-order valence-corrected chi connectivity index (χ2v) is 7.13. The summed E-state index contributed by atoms with van der Waals surface area (Å²) in [6.45, 7) is 2.82. The van der Waals surface area contributed by atoms with Gasteiger partial charge in [-0.3, -0.25) is 4.79 Å². The number of unbranched alkanes of at least 4 members (excludes halogenated alkanes) is 1. The van der Waals surface area contributed by atoms with E-state index in [-0.39, 0.29) is 37.3 Å². The fraction of sp³-hybridized carbons (Fsp3) is 0.824. The molecule has 0 bridgehead atoms. The van der Waals surface area contributed by atoms with Crippen molar-refractivity contribution in [1.29, 1.82) is 0 Å². The van der Waals surface area contributed by atoms with Gasteiger partial charge < -0.3 is 14.9 Å². The minimum atomic E-state index is -4.53. The standard InChI is InChI=1S/C17H25F3O4/c1-3-4-7-16(2,17(18,19)20)14(22)6-5-10-11-8-15(23)24-13(11)9-12(10)21/h5-6,10-14,21-22H,3-4,7-9H2,1-2H3/t10-,11-,12-,13+,14+,16?/m0/s1. The summed E-state index contributed by atoms with van der Waals surface area (Å²) in [6, 6.07) is 0. The molecule has 24 heavy (non-hydrogen) atoms. The second kappa shape index (κ2) is 7.04. The first-order chi connectivity index (χ1) is 11.1. The predicted molar refractivity (Wildman–Crippen MR) is 80.9 cm³/mol. The number of alkyl halides is 3. The lowest BCUT2D eigenvalue weighted by atomic mass is 9.78. The van der Waals surface area contributed by atoms with Crippen LogP contribution in [0.3, 0.4) is 0 Å². The summed E-state index contributed by atoms with van der Waals surface area (Å²) in [5.41, 5.74) is -2.23. The molecule has 2 aliphatic rings. The van der Waals surface area contributed by atoms with E-state index in [2.05, 4.69) is 0 Å². The molecule has 1 heterocycles. The molecule has 6 atom stereocenters. The molecule has 0 aromatic rings. The predicted octanol–water partition coefficient (Wildman–Crippen LogP) is 2.97. The van der Waals surface area contributed by atoms with Gasteiger partial charge in [-0.15, -0.1) is 0 Å². The fourth-order valence-electron chi connectivity index (χ4n) is 3.63. The van der Waals surface area contributed by atoms with Crippen LogP contribution in [0.2, 0.25) is 0 Å². The molecule has 2 rings (SSSR count). The molecule has 1 saturated heterocycles. The molecule has 7 heteroatoms. The average Bonchev–Trinajstić information content (AvgIpc) is 2.96. The highest BCUT2D eigenvalue weighted by Crippen LogP contribution is 2.46. The molecule has 1 aliphatic heterocycles. The van der Waals surface area contributed by atoms with Gasteiger partial charge in [-0.25, -0.2) is 0 Å². The summed E-state index contributed by atoms with van der Waals surface area (Å²) in [5.74, 6) is -1.05. The molecule has 0 aromatic carbocycles. The molecule has 2 N–H and O–H groups in total. The van der Waals surface area contributed by atoms with Crippen LogP contribution in [-0.4, -0.2) is 40.7 Å². The maximum Gasteiger partial charge on any atom is 0.397 e. The van der Waals surface area contributed by atoms with E-state index >= 15 is 0 Å². The molecule has 0 amide bonds. The third kappa shape index (κ3) is 3.61. The van der Waals surface area contributed by atoms with Gasteiger partial charge in [0.05, 0.1) is 24.0 Å². The van der Waals surface area contributed by atoms with Crippen molar-refractivity contribution in [3.63, 3.8) is 0 Å². The summed E-state index contributed by atoms with van der Waals surface area (Å²) < 4.78 is 45.3. The molecule has 2 fully saturated rings. The highest BCUT2D eigenvalue weighted by atomic mass is 19.4. The normalized spacial score (nSPS) is 34.2. The Labute approximate surface area is 139 Å². The number of fused-ring (bicyclic) bond motifs is 1. The van der Waals surface area contributed by atoms with E-state index < -0.39 is 29.7 Å². The summed E-state index contributed by atoms with van der Waals surface area (Å²) in [6.07, 6.45) is -3.60. The van der Waals surface area contributed by atoms with Gasteiger partial charge in [0.1, 0.15) is 6.10 Å². The molecule has 0 radical (unpaired) electrons. The number of carbonyl (C=O) groups is 1. The maximum atomic E-state index is 13.4. The van der Waals surface area contributed by atoms with Gasteiger partial charge in [-0.1, -0.05) is 31.9 Å². The lowest BCUT2D eigenvalue weighted by Gasteiger charge is -2.35. The molecule has 4 nitrogen and oxygen atoms in total. The Balaban J connectivity index is 2.12. The zero-order valence-electron chi connectivity index (χ0n) is 13.9. The van der Waals surface area contributed by atoms with Crippen molar-refractivity contribution < 1.29 is 32.9 Å². The van der Waals surface area contributed by atoms with E-state index in [4.69, 9.17) is 4.74 Å². The van der Waals surface area contributed by atoms with E-state index in [0.29, 0.717) is 12.8 Å². The third-order valence-electron chi connectivity index (χ3n) is 5.44. The maximum absolute atomic E-state index is 13.4. The fourth-order valence-corrected chi connectivity index (χ4v) is 3.63. The first-order valence-electron chi connectivity index (χ1n) is 8.40. The van der Waals surface area contributed by atoms with Crippen LogP contribution in [0.1, 0.15) is 46.0 Å². The smallest absolute Gasteiger partial charge is 0.397 e. The molecule has 1 unspecified atom stereocenters. The zero-order valence-corrected chi connectivity index (χ0v) is 13.9. The first kappa shape index (κ1) is 19.2. The highest BCUT2D eigenvalue weighted by molar-refractivity contribution is 5.72. The first-order valence-corrected chi connectivity index (χ1v) is 8.40. The molecular weight excluding hydrogens is 325 g/mol. The lowest BCUT2D eigenvalue weighted by molar-refractivity contribution is -0.244. The minimum absolute atomic E-state index is 0.152. The summed E-state index contributed by atoms with van der Waals surface area (Å²) in [7, 11) is 0. The van der Waals surface area contributed by atoms with E-state index in [1.54, 1.807) is 6.92 Å². The Morgan fingerprint density at radius 2 is 2.08 bits per heavy atom. The van der Waals surface area contributed by atoms with Crippen LogP contribution in [0.5, 0.6) is 0 Å². The molecule has 138 valence electrons. The quantitative estimate of drug-likeness (QED) is 0.571. The van der Waals surface area contributed by atoms with Gasteiger partial charge in [0.15, 0.2) is 0 Å². The van der Waals surface area contributed by atoms with E-state index in [9.17, 15) is 28.2 Å². The van der Waals surface area contributed by atoms with E-state index in [1.165, 1.54) is 6.08 Å². The van der Waals surface area contributed by atoms with Gasteiger partial charge in [-0.2, -0.15) is 13.2 Å². The zero-order chi connectivity index (χ0) is 18.1. The summed E-state index contributed by atoms with van der Waals surface area (Å²) >= 11 is 0. The van der Waals surface area contributed by atoms with Crippen LogP contribution < -0.4 is 0 Å². The molecule has 0 spiro atoms. The molecule has 1 saturated carbocycles. The van der Waals surface area contributed by atoms with Crippen LogP contribution in [0.25, 0.3) is 0 Å². The minimum Gasteiger partial charge on any atom is -0.462 e. The Bertz CT molecular complexity index is 491. The number of hydrogen-bond acceptors (Lipinski definition) is 4. The van der Waals surface area contributed by atoms with Gasteiger partial charge in [0.25, 0.3) is 0 Å². The van der Waals surface area contributed by atoms with Gasteiger partial charge in [0.2, 0.25) is 0 Å². The van der Waals surface area contributed by atoms with Gasteiger partial charge >= 0.3 is 12.1 Å². The number of esters is 1. The largest absolute Gasteiger partial charge is 0.462 e. The van der Waals surface area contributed by atoms with Crippen LogP contribution >= 0.6 is 0 Å². The highest BCUT2D eigenvalue weighted by Gasteiger charge is 2.54. The number of halogens is 3. The van der Waals surface area contributed by atoms with Gasteiger partial charge in [0, 0.05) is 18.3 Å². The van der Waals surface area contributed by atoms with Crippen molar-refractivity contribution in [2.45, 2.75) is 70.4 Å².